The van der Waals surface area contributed by atoms with E-state index in [4.69, 9.17) is 6.42 Å². The number of carbonyl (C=O) groups is 1. The first-order valence-electron chi connectivity index (χ1n) is 4.59. The lowest BCUT2D eigenvalue weighted by Crippen LogP contribution is -2.28. The van der Waals surface area contributed by atoms with Crippen LogP contribution in [0, 0.1) is 12.3 Å². The highest BCUT2D eigenvalue weighted by atomic mass is 16.3. The first kappa shape index (κ1) is 11.1. The van der Waals surface area contributed by atoms with E-state index in [-0.39, 0.29) is 11.8 Å². The zero-order valence-electron chi connectivity index (χ0n) is 8.77. The first-order chi connectivity index (χ1) is 7.07. The van der Waals surface area contributed by atoms with Gasteiger partial charge in [-0.25, -0.2) is 0 Å². The maximum absolute atomic E-state index is 11.2. The smallest absolute Gasteiger partial charge is 0.298 e. The molecule has 1 atom stereocenters. The fourth-order valence-corrected chi connectivity index (χ4v) is 1.33. The normalized spacial score (nSPS) is 11.5. The van der Waals surface area contributed by atoms with E-state index in [0.717, 1.165) is 0 Å². The first-order valence-corrected chi connectivity index (χ1v) is 4.59. The van der Waals surface area contributed by atoms with Crippen LogP contribution in [0.3, 0.4) is 0 Å². The number of para-hydroxylation sites is 1. The summed E-state index contributed by atoms with van der Waals surface area (Å²) >= 11 is 0. The van der Waals surface area contributed by atoms with Gasteiger partial charge < -0.3 is 10.0 Å². The molecule has 3 nitrogen and oxygen atoms in total. The molecule has 0 fully saturated rings. The van der Waals surface area contributed by atoms with E-state index < -0.39 is 5.91 Å². The number of amides is 1. The Balaban J connectivity index is 2.96. The number of carbonyl (C=O) groups excluding carboxylic acids is 1. The SMILES string of the molecule is C#CC(=O)N(C)C(C)c1ccccc1O. The van der Waals surface area contributed by atoms with Crippen molar-refractivity contribution in [2.75, 3.05) is 7.05 Å². The molecule has 1 aromatic rings. The van der Waals surface area contributed by atoms with Crippen molar-refractivity contribution < 1.29 is 9.90 Å². The van der Waals surface area contributed by atoms with Crippen LogP contribution in [-0.4, -0.2) is 23.0 Å². The lowest BCUT2D eigenvalue weighted by molar-refractivity contribution is -0.125. The Morgan fingerprint density at radius 1 is 1.53 bits per heavy atom. The van der Waals surface area contributed by atoms with Gasteiger partial charge in [0.2, 0.25) is 0 Å². The van der Waals surface area contributed by atoms with Gasteiger partial charge in [-0.1, -0.05) is 18.2 Å². The summed E-state index contributed by atoms with van der Waals surface area (Å²) in [4.78, 5) is 12.7. The fraction of sp³-hybridized carbons (Fsp3) is 0.250. The summed E-state index contributed by atoms with van der Waals surface area (Å²) in [6.45, 7) is 1.81. The van der Waals surface area contributed by atoms with Gasteiger partial charge in [0.25, 0.3) is 5.91 Å². The molecule has 0 aliphatic carbocycles. The summed E-state index contributed by atoms with van der Waals surface area (Å²) in [6, 6.07) is 6.64. The van der Waals surface area contributed by atoms with Crippen LogP contribution in [0.5, 0.6) is 5.75 Å². The molecule has 78 valence electrons. The van der Waals surface area contributed by atoms with Crippen molar-refractivity contribution in [1.82, 2.24) is 4.90 Å². The van der Waals surface area contributed by atoms with Crippen molar-refractivity contribution in [2.24, 2.45) is 0 Å². The number of terminal acetylenes is 1. The second-order valence-electron chi connectivity index (χ2n) is 3.30. The second kappa shape index (κ2) is 4.52. The monoisotopic (exact) mass is 203 g/mol. The van der Waals surface area contributed by atoms with Crippen LogP contribution in [0.2, 0.25) is 0 Å². The Hall–Kier alpha value is -1.95. The zero-order chi connectivity index (χ0) is 11.4. The highest BCUT2D eigenvalue weighted by Gasteiger charge is 2.17. The molecule has 3 heteroatoms. The van der Waals surface area contributed by atoms with Crippen molar-refractivity contribution >= 4 is 5.91 Å². The van der Waals surface area contributed by atoms with Crippen LogP contribution in [0.25, 0.3) is 0 Å². The van der Waals surface area contributed by atoms with Crippen LogP contribution >= 0.6 is 0 Å². The van der Waals surface area contributed by atoms with E-state index in [0.29, 0.717) is 5.56 Å². The van der Waals surface area contributed by atoms with Gasteiger partial charge in [0.05, 0.1) is 6.04 Å². The third-order valence-electron chi connectivity index (χ3n) is 2.41. The van der Waals surface area contributed by atoms with E-state index >= 15 is 0 Å². The van der Waals surface area contributed by atoms with E-state index in [1.807, 2.05) is 12.8 Å². The van der Waals surface area contributed by atoms with E-state index in [1.165, 1.54) is 4.90 Å². The van der Waals surface area contributed by atoms with Gasteiger partial charge in [-0.3, -0.25) is 4.79 Å². The summed E-state index contributed by atoms with van der Waals surface area (Å²) < 4.78 is 0. The minimum atomic E-state index is -0.397. The number of rotatable bonds is 2. The van der Waals surface area contributed by atoms with Gasteiger partial charge in [-0.15, -0.1) is 6.42 Å². The predicted molar refractivity (Wildman–Crippen MR) is 58.1 cm³/mol. The zero-order valence-corrected chi connectivity index (χ0v) is 8.77. The van der Waals surface area contributed by atoms with E-state index in [1.54, 1.807) is 31.3 Å². The predicted octanol–water partition coefficient (Wildman–Crippen LogP) is 1.54. The molecule has 1 amide bonds. The molecular weight excluding hydrogens is 190 g/mol. The van der Waals surface area contributed by atoms with E-state index in [2.05, 4.69) is 0 Å². The number of hydrogen-bond acceptors (Lipinski definition) is 2. The molecule has 0 heterocycles. The molecule has 1 rings (SSSR count). The van der Waals surface area contributed by atoms with Crippen molar-refractivity contribution in [3.05, 3.63) is 29.8 Å². The van der Waals surface area contributed by atoms with Crippen LogP contribution in [0.1, 0.15) is 18.5 Å². The topological polar surface area (TPSA) is 40.5 Å². The minimum Gasteiger partial charge on any atom is -0.508 e. The van der Waals surface area contributed by atoms with Crippen molar-refractivity contribution in [2.45, 2.75) is 13.0 Å². The van der Waals surface area contributed by atoms with Gasteiger partial charge >= 0.3 is 0 Å². The molecule has 1 unspecified atom stereocenters. The molecule has 15 heavy (non-hydrogen) atoms. The van der Waals surface area contributed by atoms with Crippen LogP contribution in [0.15, 0.2) is 24.3 Å². The Bertz CT molecular complexity index is 406. The van der Waals surface area contributed by atoms with Gasteiger partial charge in [0.1, 0.15) is 5.75 Å². The van der Waals surface area contributed by atoms with Crippen molar-refractivity contribution in [3.8, 4) is 18.1 Å². The quantitative estimate of drug-likeness (QED) is 0.741. The molecule has 0 aromatic heterocycles. The average Bonchev–Trinajstić information content (AvgIpc) is 2.26. The molecule has 1 N–H and O–H groups in total. The molecule has 0 saturated carbocycles. The van der Waals surface area contributed by atoms with Crippen LogP contribution in [0.4, 0.5) is 0 Å². The Morgan fingerprint density at radius 2 is 2.13 bits per heavy atom. The highest BCUT2D eigenvalue weighted by molar-refractivity contribution is 5.93. The number of benzene rings is 1. The maximum Gasteiger partial charge on any atom is 0.298 e. The molecule has 0 spiro atoms. The Morgan fingerprint density at radius 3 is 2.67 bits per heavy atom. The number of aromatic hydroxyl groups is 1. The Labute approximate surface area is 89.3 Å². The molecule has 1 aromatic carbocycles. The molecule has 0 saturated heterocycles. The number of hydrogen-bond donors (Lipinski definition) is 1. The lowest BCUT2D eigenvalue weighted by atomic mass is 10.1. The highest BCUT2D eigenvalue weighted by Crippen LogP contribution is 2.26. The van der Waals surface area contributed by atoms with Crippen molar-refractivity contribution in [3.63, 3.8) is 0 Å². The van der Waals surface area contributed by atoms with Gasteiger partial charge in [0.15, 0.2) is 0 Å². The van der Waals surface area contributed by atoms with Gasteiger partial charge in [-0.05, 0) is 18.9 Å². The minimum absolute atomic E-state index is 0.168. The summed E-state index contributed by atoms with van der Waals surface area (Å²) in [5.41, 5.74) is 0.684. The van der Waals surface area contributed by atoms with Gasteiger partial charge in [0, 0.05) is 12.6 Å². The van der Waals surface area contributed by atoms with E-state index in [9.17, 15) is 9.90 Å². The fourth-order valence-electron chi connectivity index (χ4n) is 1.33. The number of phenols is 1. The molecule has 0 aliphatic heterocycles. The van der Waals surface area contributed by atoms with Gasteiger partial charge in [-0.2, -0.15) is 0 Å². The lowest BCUT2D eigenvalue weighted by Gasteiger charge is -2.23. The average molecular weight is 203 g/mol. The third-order valence-corrected chi connectivity index (χ3v) is 2.41. The standard InChI is InChI=1S/C12H13NO2/c1-4-12(15)13(3)9(2)10-7-5-6-8-11(10)14/h1,5-9,14H,2-3H3. The molecular formula is C12H13NO2. The molecule has 0 aliphatic rings. The maximum atomic E-state index is 11.2. The molecule has 0 bridgehead atoms. The second-order valence-corrected chi connectivity index (χ2v) is 3.30. The summed E-state index contributed by atoms with van der Waals surface area (Å²) in [6.07, 6.45) is 5.02. The van der Waals surface area contributed by atoms with Crippen LogP contribution < -0.4 is 0 Å². The largest absolute Gasteiger partial charge is 0.508 e. The summed E-state index contributed by atoms with van der Waals surface area (Å²) in [7, 11) is 1.61. The van der Waals surface area contributed by atoms with Crippen molar-refractivity contribution in [1.29, 1.82) is 0 Å². The number of phenolic OH excluding ortho intramolecular Hbond substituents is 1. The summed E-state index contributed by atoms with van der Waals surface area (Å²) in [5, 5.41) is 9.59. The number of nitrogens with zero attached hydrogens (tertiary/aromatic N) is 1. The van der Waals surface area contributed by atoms with Crippen LogP contribution in [-0.2, 0) is 4.79 Å². The Kier molecular flexibility index (Phi) is 3.35. The molecule has 0 radical (unpaired) electrons. The summed E-state index contributed by atoms with van der Waals surface area (Å²) in [5.74, 6) is 1.81. The third kappa shape index (κ3) is 2.29.